The molecule has 2 amide bonds. The predicted molar refractivity (Wildman–Crippen MR) is 81.9 cm³/mol. The second-order valence-electron chi connectivity index (χ2n) is 6.09. The summed E-state index contributed by atoms with van der Waals surface area (Å²) >= 11 is 0. The maximum absolute atomic E-state index is 12.0. The van der Waals surface area contributed by atoms with Crippen LogP contribution in [0.15, 0.2) is 0 Å². The third-order valence-corrected chi connectivity index (χ3v) is 4.29. The van der Waals surface area contributed by atoms with E-state index in [9.17, 15) is 9.59 Å². The molecule has 2 aliphatic rings. The third kappa shape index (κ3) is 5.28. The Morgan fingerprint density at radius 2 is 2.10 bits per heavy atom. The number of rotatable bonds is 6. The largest absolute Gasteiger partial charge is 0.355 e. The second-order valence-corrected chi connectivity index (χ2v) is 6.09. The van der Waals surface area contributed by atoms with Crippen LogP contribution in [0.5, 0.6) is 0 Å². The SMILES string of the molecule is CCNC(=O)CN1CCCC(CNC(=O)C2CCCN2)C1. The van der Waals surface area contributed by atoms with Crippen LogP contribution in [0, 0.1) is 5.92 Å². The number of likely N-dealkylation sites (N-methyl/N-ethyl adjacent to an activating group) is 1. The van der Waals surface area contributed by atoms with Crippen LogP contribution in [-0.2, 0) is 9.59 Å². The lowest BCUT2D eigenvalue weighted by Crippen LogP contribution is -2.47. The van der Waals surface area contributed by atoms with E-state index in [0.717, 1.165) is 51.9 Å². The highest BCUT2D eigenvalue weighted by Gasteiger charge is 2.25. The van der Waals surface area contributed by atoms with Gasteiger partial charge in [-0.05, 0) is 51.6 Å². The molecular weight excluding hydrogens is 268 g/mol. The lowest BCUT2D eigenvalue weighted by atomic mass is 9.98. The van der Waals surface area contributed by atoms with Crippen molar-refractivity contribution in [2.24, 2.45) is 5.92 Å². The van der Waals surface area contributed by atoms with Crippen molar-refractivity contribution in [1.29, 1.82) is 0 Å². The van der Waals surface area contributed by atoms with Crippen molar-refractivity contribution in [2.45, 2.75) is 38.6 Å². The number of hydrogen-bond acceptors (Lipinski definition) is 4. The monoisotopic (exact) mass is 296 g/mol. The molecule has 6 heteroatoms. The number of nitrogens with one attached hydrogen (secondary N) is 3. The number of hydrogen-bond donors (Lipinski definition) is 3. The van der Waals surface area contributed by atoms with E-state index in [1.54, 1.807) is 0 Å². The van der Waals surface area contributed by atoms with Gasteiger partial charge in [0.1, 0.15) is 0 Å². The van der Waals surface area contributed by atoms with Gasteiger partial charge in [0.2, 0.25) is 11.8 Å². The molecule has 120 valence electrons. The minimum atomic E-state index is 0.0000237. The Morgan fingerprint density at radius 1 is 1.24 bits per heavy atom. The fourth-order valence-corrected chi connectivity index (χ4v) is 3.19. The third-order valence-electron chi connectivity index (χ3n) is 4.29. The van der Waals surface area contributed by atoms with E-state index < -0.39 is 0 Å². The standard InChI is InChI=1S/C15H28N4O2/c1-2-16-14(20)11-19-8-4-5-12(10-19)9-18-15(21)13-6-3-7-17-13/h12-13,17H,2-11H2,1H3,(H,16,20)(H,18,21). The van der Waals surface area contributed by atoms with Crippen molar-refractivity contribution in [2.75, 3.05) is 39.3 Å². The Labute approximate surface area is 127 Å². The fraction of sp³-hybridized carbons (Fsp3) is 0.867. The maximum atomic E-state index is 12.0. The van der Waals surface area contributed by atoms with Gasteiger partial charge in [-0.15, -0.1) is 0 Å². The van der Waals surface area contributed by atoms with Gasteiger partial charge in [-0.2, -0.15) is 0 Å². The molecule has 0 aliphatic carbocycles. The molecule has 0 saturated carbocycles. The van der Waals surface area contributed by atoms with Crippen molar-refractivity contribution in [3.8, 4) is 0 Å². The molecule has 21 heavy (non-hydrogen) atoms. The molecule has 2 unspecified atom stereocenters. The van der Waals surface area contributed by atoms with Crippen LogP contribution in [0.4, 0.5) is 0 Å². The molecule has 2 heterocycles. The first-order valence-electron chi connectivity index (χ1n) is 8.19. The summed E-state index contributed by atoms with van der Waals surface area (Å²) in [6, 6.07) is 0.0000237. The Balaban J connectivity index is 1.68. The van der Waals surface area contributed by atoms with Crippen molar-refractivity contribution >= 4 is 11.8 Å². The van der Waals surface area contributed by atoms with E-state index in [1.165, 1.54) is 0 Å². The molecule has 2 rings (SSSR count). The summed E-state index contributed by atoms with van der Waals surface area (Å²) in [6.45, 7) is 6.64. The van der Waals surface area contributed by atoms with Crippen LogP contribution < -0.4 is 16.0 Å². The fourth-order valence-electron chi connectivity index (χ4n) is 3.19. The smallest absolute Gasteiger partial charge is 0.237 e. The van der Waals surface area contributed by atoms with Gasteiger partial charge in [0.05, 0.1) is 12.6 Å². The Morgan fingerprint density at radius 3 is 2.81 bits per heavy atom. The molecular formula is C15H28N4O2. The summed E-state index contributed by atoms with van der Waals surface area (Å²) in [6.07, 6.45) is 4.26. The lowest BCUT2D eigenvalue weighted by Gasteiger charge is -2.32. The molecule has 0 radical (unpaired) electrons. The van der Waals surface area contributed by atoms with Crippen molar-refractivity contribution in [3.05, 3.63) is 0 Å². The van der Waals surface area contributed by atoms with Gasteiger partial charge in [0, 0.05) is 19.6 Å². The Bertz CT molecular complexity index is 356. The highest BCUT2D eigenvalue weighted by atomic mass is 16.2. The summed E-state index contributed by atoms with van der Waals surface area (Å²) in [5, 5.41) is 9.12. The van der Waals surface area contributed by atoms with Crippen LogP contribution in [0.25, 0.3) is 0 Å². The topological polar surface area (TPSA) is 73.5 Å². The van der Waals surface area contributed by atoms with Gasteiger partial charge in [0.25, 0.3) is 0 Å². The quantitative estimate of drug-likeness (QED) is 0.629. The summed E-state index contributed by atoms with van der Waals surface area (Å²) in [4.78, 5) is 25.8. The average Bonchev–Trinajstić information content (AvgIpc) is 2.99. The summed E-state index contributed by atoms with van der Waals surface area (Å²) in [7, 11) is 0. The van der Waals surface area contributed by atoms with E-state index in [4.69, 9.17) is 0 Å². The number of amides is 2. The van der Waals surface area contributed by atoms with E-state index >= 15 is 0 Å². The number of piperidine rings is 1. The first-order valence-corrected chi connectivity index (χ1v) is 8.19. The van der Waals surface area contributed by atoms with Crippen LogP contribution in [0.1, 0.15) is 32.6 Å². The van der Waals surface area contributed by atoms with Crippen LogP contribution in [0.2, 0.25) is 0 Å². The first kappa shape index (κ1) is 16.2. The molecule has 2 saturated heterocycles. The van der Waals surface area contributed by atoms with E-state index in [1.807, 2.05) is 6.92 Å². The van der Waals surface area contributed by atoms with Gasteiger partial charge in [-0.25, -0.2) is 0 Å². The molecule has 0 aromatic carbocycles. The summed E-state index contributed by atoms with van der Waals surface area (Å²) in [5.74, 6) is 0.684. The van der Waals surface area contributed by atoms with Gasteiger partial charge in [-0.1, -0.05) is 0 Å². The zero-order chi connectivity index (χ0) is 15.1. The van der Waals surface area contributed by atoms with Crippen LogP contribution in [0.3, 0.4) is 0 Å². The Hall–Kier alpha value is -1.14. The Kier molecular flexibility index (Phi) is 6.45. The predicted octanol–water partition coefficient (Wildman–Crippen LogP) is -0.297. The van der Waals surface area contributed by atoms with Gasteiger partial charge >= 0.3 is 0 Å². The van der Waals surface area contributed by atoms with Gasteiger partial charge < -0.3 is 16.0 Å². The molecule has 0 bridgehead atoms. The summed E-state index contributed by atoms with van der Waals surface area (Å²) < 4.78 is 0. The van der Waals surface area contributed by atoms with E-state index in [-0.39, 0.29) is 17.9 Å². The molecule has 6 nitrogen and oxygen atoms in total. The minimum absolute atomic E-state index is 0.0000237. The molecule has 2 aliphatic heterocycles. The van der Waals surface area contributed by atoms with E-state index in [2.05, 4.69) is 20.9 Å². The summed E-state index contributed by atoms with van der Waals surface area (Å²) in [5.41, 5.74) is 0. The number of carbonyl (C=O) groups is 2. The van der Waals surface area contributed by atoms with Crippen molar-refractivity contribution < 1.29 is 9.59 Å². The van der Waals surface area contributed by atoms with Gasteiger partial charge in [0.15, 0.2) is 0 Å². The van der Waals surface area contributed by atoms with E-state index in [0.29, 0.717) is 19.0 Å². The zero-order valence-corrected chi connectivity index (χ0v) is 13.0. The lowest BCUT2D eigenvalue weighted by molar-refractivity contribution is -0.124. The number of carbonyl (C=O) groups excluding carboxylic acids is 2. The maximum Gasteiger partial charge on any atom is 0.237 e. The van der Waals surface area contributed by atoms with Gasteiger partial charge in [-0.3, -0.25) is 14.5 Å². The number of likely N-dealkylation sites (tertiary alicyclic amines) is 1. The number of nitrogens with zero attached hydrogens (tertiary/aromatic N) is 1. The normalized spacial score (nSPS) is 26.5. The highest BCUT2D eigenvalue weighted by Crippen LogP contribution is 2.15. The molecule has 2 fully saturated rings. The highest BCUT2D eigenvalue weighted by molar-refractivity contribution is 5.82. The second kappa shape index (κ2) is 8.34. The molecule has 0 aromatic rings. The molecule has 0 aromatic heterocycles. The van der Waals surface area contributed by atoms with Crippen LogP contribution in [-0.4, -0.2) is 62.0 Å². The molecule has 3 N–H and O–H groups in total. The van der Waals surface area contributed by atoms with Crippen LogP contribution >= 0.6 is 0 Å². The zero-order valence-electron chi connectivity index (χ0n) is 13.0. The molecule has 0 spiro atoms. The first-order chi connectivity index (χ1) is 10.2. The van der Waals surface area contributed by atoms with Crippen molar-refractivity contribution in [1.82, 2.24) is 20.9 Å². The average molecular weight is 296 g/mol. The van der Waals surface area contributed by atoms with Crippen molar-refractivity contribution in [3.63, 3.8) is 0 Å². The minimum Gasteiger partial charge on any atom is -0.355 e. The molecule has 2 atom stereocenters.